The minimum atomic E-state index is 0. The van der Waals surface area contributed by atoms with Crippen molar-refractivity contribution in [3.63, 3.8) is 0 Å². The van der Waals surface area contributed by atoms with Crippen molar-refractivity contribution in [3.05, 3.63) is 0 Å². The van der Waals surface area contributed by atoms with Gasteiger partial charge in [-0.2, -0.15) is 0 Å². The molecule has 0 heterocycles. The molecule has 0 saturated heterocycles. The van der Waals surface area contributed by atoms with Crippen molar-refractivity contribution in [3.8, 4) is 0 Å². The van der Waals surface area contributed by atoms with Crippen molar-refractivity contribution in [2.24, 2.45) is 0 Å². The number of hydrogen-bond donors (Lipinski definition) is 0. The molecule has 0 N–H and O–H groups in total. The standard InChI is InChI=1S/Cu.3FH/h;3*1H/p-3. The van der Waals surface area contributed by atoms with Gasteiger partial charge >= 0.3 is 0 Å². The van der Waals surface area contributed by atoms with Gasteiger partial charge in [-0.05, 0) is 0 Å². The van der Waals surface area contributed by atoms with Crippen LogP contribution in [0.1, 0.15) is 0 Å². The molecular weight excluding hydrogens is 121 g/mol. The van der Waals surface area contributed by atoms with Crippen molar-refractivity contribution in [1.82, 2.24) is 0 Å². The monoisotopic (exact) mass is 120 g/mol. The van der Waals surface area contributed by atoms with Gasteiger partial charge in [0.1, 0.15) is 0 Å². The van der Waals surface area contributed by atoms with Gasteiger partial charge in [0.15, 0.2) is 0 Å². The van der Waals surface area contributed by atoms with Crippen LogP contribution < -0.4 is 14.1 Å². The molecule has 0 spiro atoms. The van der Waals surface area contributed by atoms with E-state index in [-0.39, 0.29) is 31.2 Å². The summed E-state index contributed by atoms with van der Waals surface area (Å²) in [7, 11) is 0. The molecule has 0 atom stereocenters. The Morgan fingerprint density at radius 3 is 0.500 bits per heavy atom. The van der Waals surface area contributed by atoms with E-state index >= 15 is 0 Å². The fourth-order valence-corrected chi connectivity index (χ4v) is 0. The maximum atomic E-state index is 0. The Labute approximate surface area is 32.2 Å². The second-order valence-corrected chi connectivity index (χ2v) is 0. The average Bonchev–Trinajstić information content (AvgIpc) is 0. The molecule has 0 amide bonds. The van der Waals surface area contributed by atoms with Crippen molar-refractivity contribution in [2.75, 3.05) is 0 Å². The second-order valence-electron chi connectivity index (χ2n) is 0. The third kappa shape index (κ3) is 41.3. The van der Waals surface area contributed by atoms with E-state index in [1.807, 2.05) is 0 Å². The first-order chi connectivity index (χ1) is 0. The summed E-state index contributed by atoms with van der Waals surface area (Å²) in [6.45, 7) is 0. The number of rotatable bonds is 0. The Balaban J connectivity index is 0. The van der Waals surface area contributed by atoms with E-state index < -0.39 is 0 Å². The van der Waals surface area contributed by atoms with Crippen LogP contribution in [0.15, 0.2) is 0 Å². The molecule has 4 heavy (non-hydrogen) atoms. The van der Waals surface area contributed by atoms with Gasteiger partial charge in [-0.15, -0.1) is 0 Å². The van der Waals surface area contributed by atoms with Crippen LogP contribution in [0.3, 0.4) is 0 Å². The zero-order chi connectivity index (χ0) is 0. The van der Waals surface area contributed by atoms with E-state index in [0.717, 1.165) is 0 Å². The summed E-state index contributed by atoms with van der Waals surface area (Å²) in [6, 6.07) is 0. The molecule has 0 aromatic rings. The van der Waals surface area contributed by atoms with Gasteiger partial charge in [0.2, 0.25) is 0 Å². The normalized spacial score (nSPS) is 0. The summed E-state index contributed by atoms with van der Waals surface area (Å²) in [6.07, 6.45) is 0. The molecule has 0 aromatic carbocycles. The molecule has 0 aliphatic rings. The van der Waals surface area contributed by atoms with Crippen LogP contribution >= 0.6 is 0 Å². The molecule has 0 fully saturated rings. The zero-order valence-electron chi connectivity index (χ0n) is 1.44. The molecule has 0 rings (SSSR count). The maximum absolute atomic E-state index is 0. The van der Waals surface area contributed by atoms with E-state index in [1.54, 1.807) is 0 Å². The van der Waals surface area contributed by atoms with Crippen molar-refractivity contribution in [1.29, 1.82) is 0 Å². The molecule has 0 nitrogen and oxygen atoms in total. The Morgan fingerprint density at radius 2 is 0.500 bits per heavy atom. The quantitative estimate of drug-likeness (QED) is 0.279. The first kappa shape index (κ1) is 493. The van der Waals surface area contributed by atoms with Crippen LogP contribution in [-0.2, 0) is 17.1 Å². The van der Waals surface area contributed by atoms with Crippen LogP contribution in [0.5, 0.6) is 0 Å². The first-order valence-electron chi connectivity index (χ1n) is 0. The maximum Gasteiger partial charge on any atom is 0 e. The molecular formula is CuF3-3. The average molecular weight is 121 g/mol. The van der Waals surface area contributed by atoms with Gasteiger partial charge in [0, 0.05) is 17.1 Å². The number of halogens is 3. The van der Waals surface area contributed by atoms with Crippen molar-refractivity contribution < 1.29 is 31.2 Å². The molecule has 0 aliphatic heterocycles. The Morgan fingerprint density at radius 1 is 0.500 bits per heavy atom. The van der Waals surface area contributed by atoms with Crippen LogP contribution in [-0.4, -0.2) is 0 Å². The predicted molar refractivity (Wildman–Crippen MR) is 0 cm³/mol. The van der Waals surface area contributed by atoms with Crippen molar-refractivity contribution in [2.45, 2.75) is 0 Å². The molecule has 0 aliphatic carbocycles. The minimum Gasteiger partial charge on any atom is -1.00 e. The smallest absolute Gasteiger partial charge is 0 e. The molecule has 0 aromatic heterocycles. The summed E-state index contributed by atoms with van der Waals surface area (Å²) in [4.78, 5) is 0. The Bertz CT molecular complexity index is 3.25. The van der Waals surface area contributed by atoms with Gasteiger partial charge in [-0.3, -0.25) is 0 Å². The van der Waals surface area contributed by atoms with Gasteiger partial charge in [-0.25, -0.2) is 0 Å². The third-order valence-corrected chi connectivity index (χ3v) is 0. The largest absolute Gasteiger partial charge is 1.00 e. The zero-order valence-corrected chi connectivity index (χ0v) is 2.38. The number of hydrogen-bond acceptors (Lipinski definition) is 0. The van der Waals surface area contributed by atoms with Gasteiger partial charge in [0.25, 0.3) is 0 Å². The Hall–Kier alpha value is 0.309. The van der Waals surface area contributed by atoms with E-state index in [2.05, 4.69) is 0 Å². The van der Waals surface area contributed by atoms with Gasteiger partial charge in [0.05, 0.1) is 0 Å². The molecule has 35 valence electrons. The Kier molecular flexibility index (Phi) is 22700. The van der Waals surface area contributed by atoms with Crippen LogP contribution in [0, 0.1) is 0 Å². The third-order valence-electron chi connectivity index (χ3n) is 0. The minimum absolute atomic E-state index is 0. The van der Waals surface area contributed by atoms with Gasteiger partial charge in [-0.1, -0.05) is 0 Å². The summed E-state index contributed by atoms with van der Waals surface area (Å²) in [5.74, 6) is 0. The molecule has 4 heteroatoms. The first-order valence-corrected chi connectivity index (χ1v) is 0. The molecule has 0 unspecified atom stereocenters. The topological polar surface area (TPSA) is 0 Å². The van der Waals surface area contributed by atoms with Crippen LogP contribution in [0.2, 0.25) is 0 Å². The second kappa shape index (κ2) is 184. The SMILES string of the molecule is [Cu].[F-].[F-].[F-]. The van der Waals surface area contributed by atoms with E-state index in [9.17, 15) is 0 Å². The molecule has 0 saturated carbocycles. The summed E-state index contributed by atoms with van der Waals surface area (Å²) >= 11 is 0. The fraction of sp³-hybridized carbons (Fsp3) is 0. The molecule has 1 radical (unpaired) electrons. The van der Waals surface area contributed by atoms with E-state index in [0.29, 0.717) is 0 Å². The fourth-order valence-electron chi connectivity index (χ4n) is 0. The molecule has 0 bridgehead atoms. The van der Waals surface area contributed by atoms with Crippen molar-refractivity contribution >= 4 is 0 Å². The summed E-state index contributed by atoms with van der Waals surface area (Å²) < 4.78 is 0. The predicted octanol–water partition coefficient (Wildman–Crippen LogP) is -8.99. The summed E-state index contributed by atoms with van der Waals surface area (Å²) in [5.41, 5.74) is 0. The summed E-state index contributed by atoms with van der Waals surface area (Å²) in [5, 5.41) is 0. The van der Waals surface area contributed by atoms with E-state index in [4.69, 9.17) is 0 Å². The van der Waals surface area contributed by atoms with Gasteiger partial charge < -0.3 is 14.1 Å². The van der Waals surface area contributed by atoms with E-state index in [1.165, 1.54) is 0 Å². The van der Waals surface area contributed by atoms with Crippen LogP contribution in [0.4, 0.5) is 0 Å². The van der Waals surface area contributed by atoms with Crippen LogP contribution in [0.25, 0.3) is 0 Å².